The van der Waals surface area contributed by atoms with Gasteiger partial charge in [-0.15, -0.1) is 0 Å². The van der Waals surface area contributed by atoms with Crippen LogP contribution in [0.5, 0.6) is 0 Å². The van der Waals surface area contributed by atoms with E-state index in [1.165, 1.54) is 6.07 Å². The van der Waals surface area contributed by atoms with Crippen LogP contribution in [0.15, 0.2) is 12.1 Å². The van der Waals surface area contributed by atoms with Crippen LogP contribution in [0.3, 0.4) is 0 Å². The van der Waals surface area contributed by atoms with Gasteiger partial charge in [-0.2, -0.15) is 13.2 Å². The SMILES string of the molecule is CC(C)NC[C@H](O)c1cc(Cl)c(N)c(C(F)(F)F)c1. The highest BCUT2D eigenvalue weighted by Crippen LogP contribution is 2.38. The third-order valence-electron chi connectivity index (χ3n) is 2.56. The zero-order chi connectivity index (χ0) is 14.8. The maximum atomic E-state index is 12.8. The monoisotopic (exact) mass is 296 g/mol. The smallest absolute Gasteiger partial charge is 0.397 e. The van der Waals surface area contributed by atoms with Gasteiger partial charge in [-0.05, 0) is 17.7 Å². The predicted octanol–water partition coefficient (Wildman–Crippen LogP) is 2.97. The van der Waals surface area contributed by atoms with Crippen molar-refractivity contribution in [2.24, 2.45) is 0 Å². The van der Waals surface area contributed by atoms with E-state index in [9.17, 15) is 18.3 Å². The number of anilines is 1. The minimum absolute atomic E-state index is 0.0830. The topological polar surface area (TPSA) is 58.3 Å². The van der Waals surface area contributed by atoms with Crippen molar-refractivity contribution < 1.29 is 18.3 Å². The Morgan fingerprint density at radius 1 is 1.37 bits per heavy atom. The minimum atomic E-state index is -4.60. The molecule has 0 aliphatic carbocycles. The summed E-state index contributed by atoms with van der Waals surface area (Å²) in [4.78, 5) is 0. The number of aliphatic hydroxyl groups is 1. The number of halogens is 4. The van der Waals surface area contributed by atoms with Crippen molar-refractivity contribution in [1.82, 2.24) is 5.32 Å². The zero-order valence-electron chi connectivity index (χ0n) is 10.6. The fraction of sp³-hybridized carbons (Fsp3) is 0.500. The Morgan fingerprint density at radius 3 is 2.42 bits per heavy atom. The maximum absolute atomic E-state index is 12.8. The molecule has 0 saturated carbocycles. The first kappa shape index (κ1) is 16.1. The van der Waals surface area contributed by atoms with E-state index in [1.807, 2.05) is 13.8 Å². The molecule has 0 fully saturated rings. The molecule has 108 valence electrons. The number of benzene rings is 1. The van der Waals surface area contributed by atoms with Crippen molar-refractivity contribution in [2.75, 3.05) is 12.3 Å². The lowest BCUT2D eigenvalue weighted by molar-refractivity contribution is -0.137. The van der Waals surface area contributed by atoms with E-state index in [0.29, 0.717) is 0 Å². The first-order valence-electron chi connectivity index (χ1n) is 5.70. The van der Waals surface area contributed by atoms with Crippen LogP contribution in [0, 0.1) is 0 Å². The molecule has 0 amide bonds. The summed E-state index contributed by atoms with van der Waals surface area (Å²) < 4.78 is 38.3. The number of hydrogen-bond acceptors (Lipinski definition) is 3. The van der Waals surface area contributed by atoms with E-state index in [4.69, 9.17) is 17.3 Å². The van der Waals surface area contributed by atoms with Crippen LogP contribution in [0.1, 0.15) is 31.1 Å². The number of nitrogen functional groups attached to an aromatic ring is 1. The first-order chi connectivity index (χ1) is 8.62. The molecule has 4 N–H and O–H groups in total. The first-order valence-corrected chi connectivity index (χ1v) is 6.08. The Morgan fingerprint density at radius 2 is 1.95 bits per heavy atom. The number of alkyl halides is 3. The van der Waals surface area contributed by atoms with Crippen LogP contribution in [0.2, 0.25) is 5.02 Å². The van der Waals surface area contributed by atoms with Crippen molar-refractivity contribution in [3.05, 3.63) is 28.3 Å². The summed E-state index contributed by atoms with van der Waals surface area (Å²) in [6.45, 7) is 3.86. The summed E-state index contributed by atoms with van der Waals surface area (Å²) in [5.74, 6) is 0. The number of hydrogen-bond donors (Lipinski definition) is 3. The lowest BCUT2D eigenvalue weighted by Crippen LogP contribution is -2.28. The Labute approximate surface area is 114 Å². The lowest BCUT2D eigenvalue weighted by atomic mass is 10.0. The van der Waals surface area contributed by atoms with Crippen LogP contribution in [0.4, 0.5) is 18.9 Å². The molecule has 0 aliphatic heterocycles. The van der Waals surface area contributed by atoms with Gasteiger partial charge >= 0.3 is 6.18 Å². The molecule has 1 atom stereocenters. The second-order valence-corrected chi connectivity index (χ2v) is 4.95. The van der Waals surface area contributed by atoms with E-state index in [1.54, 1.807) is 0 Å². The Hall–Kier alpha value is -0.980. The van der Waals surface area contributed by atoms with Crippen LogP contribution in [-0.2, 0) is 6.18 Å². The van der Waals surface area contributed by atoms with Crippen molar-refractivity contribution in [3.8, 4) is 0 Å². The molecular weight excluding hydrogens is 281 g/mol. The summed E-state index contributed by atoms with van der Waals surface area (Å²) in [5, 5.41) is 12.6. The van der Waals surface area contributed by atoms with Gasteiger partial charge in [0.1, 0.15) is 0 Å². The van der Waals surface area contributed by atoms with Gasteiger partial charge in [-0.1, -0.05) is 25.4 Å². The molecule has 1 aromatic carbocycles. The van der Waals surface area contributed by atoms with Crippen molar-refractivity contribution in [3.63, 3.8) is 0 Å². The summed E-state index contributed by atoms with van der Waals surface area (Å²) >= 11 is 5.68. The molecule has 0 aliphatic rings. The lowest BCUT2D eigenvalue weighted by Gasteiger charge is -2.18. The largest absolute Gasteiger partial charge is 0.418 e. The highest BCUT2D eigenvalue weighted by atomic mass is 35.5. The molecule has 3 nitrogen and oxygen atoms in total. The molecule has 0 spiro atoms. The highest BCUT2D eigenvalue weighted by Gasteiger charge is 2.34. The number of nitrogens with one attached hydrogen (secondary N) is 1. The second kappa shape index (κ2) is 5.98. The second-order valence-electron chi connectivity index (χ2n) is 4.54. The Bertz CT molecular complexity index is 449. The van der Waals surface area contributed by atoms with Crippen LogP contribution in [0.25, 0.3) is 0 Å². The van der Waals surface area contributed by atoms with Gasteiger partial charge in [0.2, 0.25) is 0 Å². The maximum Gasteiger partial charge on any atom is 0.418 e. The molecule has 0 heterocycles. The van der Waals surface area contributed by atoms with Gasteiger partial charge in [-0.3, -0.25) is 0 Å². The standard InChI is InChI=1S/C12H16ClF3N2O/c1-6(2)18-5-10(19)7-3-8(12(14,15)16)11(17)9(13)4-7/h3-4,6,10,18-19H,5,17H2,1-2H3/t10-/m0/s1. The highest BCUT2D eigenvalue weighted by molar-refractivity contribution is 6.33. The predicted molar refractivity (Wildman–Crippen MR) is 69.0 cm³/mol. The van der Waals surface area contributed by atoms with E-state index in [0.717, 1.165) is 6.07 Å². The van der Waals surface area contributed by atoms with Gasteiger partial charge in [0.25, 0.3) is 0 Å². The quantitative estimate of drug-likeness (QED) is 0.749. The van der Waals surface area contributed by atoms with Crippen LogP contribution >= 0.6 is 11.6 Å². The van der Waals surface area contributed by atoms with E-state index in [-0.39, 0.29) is 23.2 Å². The van der Waals surface area contributed by atoms with Crippen LogP contribution in [-0.4, -0.2) is 17.7 Å². The van der Waals surface area contributed by atoms with Crippen molar-refractivity contribution in [1.29, 1.82) is 0 Å². The van der Waals surface area contributed by atoms with Gasteiger partial charge in [0, 0.05) is 12.6 Å². The molecule has 1 rings (SSSR count). The summed E-state index contributed by atoms with van der Waals surface area (Å²) in [7, 11) is 0. The van der Waals surface area contributed by atoms with Gasteiger partial charge in [-0.25, -0.2) is 0 Å². The molecule has 0 saturated heterocycles. The minimum Gasteiger partial charge on any atom is -0.397 e. The van der Waals surface area contributed by atoms with Gasteiger partial charge in [0.05, 0.1) is 22.4 Å². The third kappa shape index (κ3) is 4.26. The van der Waals surface area contributed by atoms with Gasteiger partial charge < -0.3 is 16.2 Å². The average molecular weight is 297 g/mol. The number of rotatable bonds is 4. The normalized spacial score (nSPS) is 13.9. The molecule has 1 aromatic rings. The van der Waals surface area contributed by atoms with E-state index < -0.39 is 23.5 Å². The molecule has 0 radical (unpaired) electrons. The summed E-state index contributed by atoms with van der Waals surface area (Å²) in [6.07, 6.45) is -5.68. The molecular formula is C12H16ClF3N2O. The summed E-state index contributed by atoms with van der Waals surface area (Å²) in [6, 6.07) is 2.19. The number of aliphatic hydroxyl groups excluding tert-OH is 1. The fourth-order valence-electron chi connectivity index (χ4n) is 1.53. The molecule has 0 unspecified atom stereocenters. The van der Waals surface area contributed by atoms with Crippen molar-refractivity contribution >= 4 is 17.3 Å². The number of nitrogens with two attached hydrogens (primary N) is 1. The molecule has 0 bridgehead atoms. The average Bonchev–Trinajstić information content (AvgIpc) is 2.27. The van der Waals surface area contributed by atoms with E-state index in [2.05, 4.69) is 5.32 Å². The molecule has 19 heavy (non-hydrogen) atoms. The molecule has 7 heteroatoms. The third-order valence-corrected chi connectivity index (χ3v) is 2.87. The van der Waals surface area contributed by atoms with Crippen LogP contribution < -0.4 is 11.1 Å². The summed E-state index contributed by atoms with van der Waals surface area (Å²) in [5.41, 5.74) is 3.84. The fourth-order valence-corrected chi connectivity index (χ4v) is 1.76. The van der Waals surface area contributed by atoms with Gasteiger partial charge in [0.15, 0.2) is 0 Å². The Balaban J connectivity index is 3.06. The Kier molecular flexibility index (Phi) is 5.06. The van der Waals surface area contributed by atoms with Crippen molar-refractivity contribution in [2.45, 2.75) is 32.2 Å². The molecule has 0 aromatic heterocycles. The zero-order valence-corrected chi connectivity index (χ0v) is 11.3. The van der Waals surface area contributed by atoms with E-state index >= 15 is 0 Å².